The van der Waals surface area contributed by atoms with Crippen LogP contribution in [0, 0.1) is 5.82 Å². The number of halogens is 1. The molecule has 2 rings (SSSR count). The first-order chi connectivity index (χ1) is 12.9. The Balaban J connectivity index is 0.000000527. The van der Waals surface area contributed by atoms with Gasteiger partial charge in [0.1, 0.15) is 5.82 Å². The van der Waals surface area contributed by atoms with Crippen LogP contribution in [0.5, 0.6) is 11.5 Å². The molecule has 146 valence electrons. The van der Waals surface area contributed by atoms with Crippen LogP contribution in [0.15, 0.2) is 42.5 Å². The number of ether oxygens (including phenoxy) is 2. The number of methoxy groups -OCH3 is 2. The van der Waals surface area contributed by atoms with Gasteiger partial charge in [-0.1, -0.05) is 24.3 Å². The van der Waals surface area contributed by atoms with E-state index in [2.05, 4.69) is 5.32 Å². The summed E-state index contributed by atoms with van der Waals surface area (Å²) >= 11 is 0. The van der Waals surface area contributed by atoms with Crippen molar-refractivity contribution in [3.63, 3.8) is 0 Å². The minimum atomic E-state index is -1.82. The van der Waals surface area contributed by atoms with E-state index in [0.29, 0.717) is 6.54 Å². The Morgan fingerprint density at radius 2 is 1.70 bits per heavy atom. The van der Waals surface area contributed by atoms with Crippen LogP contribution in [-0.4, -0.2) is 42.9 Å². The number of rotatable bonds is 7. The molecule has 0 aromatic heterocycles. The lowest BCUT2D eigenvalue weighted by atomic mass is 10.1. The van der Waals surface area contributed by atoms with Gasteiger partial charge >= 0.3 is 11.9 Å². The molecule has 0 spiro atoms. The van der Waals surface area contributed by atoms with Crippen molar-refractivity contribution in [1.82, 2.24) is 5.32 Å². The smallest absolute Gasteiger partial charge is 0.414 e. The number of hydrogen-bond donors (Lipinski definition) is 3. The average Bonchev–Trinajstić information content (AvgIpc) is 2.65. The number of para-hydroxylation sites is 1. The molecule has 0 amide bonds. The van der Waals surface area contributed by atoms with Crippen LogP contribution in [-0.2, 0) is 22.6 Å². The molecule has 3 N–H and O–H groups in total. The molecular weight excluding hydrogens is 357 g/mol. The molecule has 8 heteroatoms. The third kappa shape index (κ3) is 7.74. The highest BCUT2D eigenvalue weighted by molar-refractivity contribution is 6.27. The van der Waals surface area contributed by atoms with Gasteiger partial charge in [-0.15, -0.1) is 0 Å². The fraction of sp³-hybridized carbons (Fsp3) is 0.263. The highest BCUT2D eigenvalue weighted by Gasteiger charge is 2.08. The molecule has 0 unspecified atom stereocenters. The summed E-state index contributed by atoms with van der Waals surface area (Å²) in [6.07, 6.45) is 0.782. The molecule has 27 heavy (non-hydrogen) atoms. The molecular formula is C19H22FNO6. The summed E-state index contributed by atoms with van der Waals surface area (Å²) in [6, 6.07) is 12.5. The molecule has 0 aliphatic rings. The largest absolute Gasteiger partial charge is 0.493 e. The van der Waals surface area contributed by atoms with Gasteiger partial charge < -0.3 is 25.0 Å². The summed E-state index contributed by atoms with van der Waals surface area (Å²) in [5.74, 6) is -2.37. The van der Waals surface area contributed by atoms with Crippen LogP contribution < -0.4 is 14.8 Å². The monoisotopic (exact) mass is 379 g/mol. The Bertz CT molecular complexity index is 754. The minimum Gasteiger partial charge on any atom is -0.493 e. The van der Waals surface area contributed by atoms with Gasteiger partial charge in [0.2, 0.25) is 0 Å². The second kappa shape index (κ2) is 11.5. The van der Waals surface area contributed by atoms with Crippen molar-refractivity contribution in [2.24, 2.45) is 0 Å². The molecule has 0 fully saturated rings. The summed E-state index contributed by atoms with van der Waals surface area (Å²) in [4.78, 5) is 18.2. The zero-order chi connectivity index (χ0) is 20.2. The Labute approximate surface area is 156 Å². The van der Waals surface area contributed by atoms with E-state index in [9.17, 15) is 4.39 Å². The third-order valence-corrected chi connectivity index (χ3v) is 3.46. The molecule has 2 aromatic rings. The molecule has 0 bridgehead atoms. The Morgan fingerprint density at radius 3 is 2.26 bits per heavy atom. The van der Waals surface area contributed by atoms with Crippen molar-refractivity contribution in [1.29, 1.82) is 0 Å². The predicted octanol–water partition coefficient (Wildman–Crippen LogP) is 2.33. The van der Waals surface area contributed by atoms with E-state index in [1.54, 1.807) is 26.4 Å². The van der Waals surface area contributed by atoms with Crippen LogP contribution in [0.1, 0.15) is 11.1 Å². The van der Waals surface area contributed by atoms with Crippen molar-refractivity contribution in [3.05, 3.63) is 59.4 Å². The summed E-state index contributed by atoms with van der Waals surface area (Å²) < 4.78 is 23.7. The lowest BCUT2D eigenvalue weighted by molar-refractivity contribution is -0.159. The van der Waals surface area contributed by atoms with Crippen molar-refractivity contribution in [2.45, 2.75) is 13.0 Å². The second-order valence-corrected chi connectivity index (χ2v) is 5.32. The van der Waals surface area contributed by atoms with E-state index in [-0.39, 0.29) is 5.82 Å². The summed E-state index contributed by atoms with van der Waals surface area (Å²) in [6.45, 7) is 1.44. The van der Waals surface area contributed by atoms with Gasteiger partial charge in [-0.25, -0.2) is 14.0 Å². The Hall–Kier alpha value is -3.13. The van der Waals surface area contributed by atoms with Crippen LogP contribution in [0.4, 0.5) is 4.39 Å². The molecule has 7 nitrogen and oxygen atoms in total. The zero-order valence-electron chi connectivity index (χ0n) is 15.1. The standard InChI is InChI=1S/C17H20FNO2.C2H2O4/c1-20-16-8-4-6-14(17(16)21-2)12-19-10-9-13-5-3-7-15(18)11-13;3-1(4)2(5)6/h3-8,11,19H,9-10,12H2,1-2H3;(H,3,4)(H,5,6). The number of carboxylic acid groups (broad SMARTS) is 2. The van der Waals surface area contributed by atoms with Gasteiger partial charge in [0.05, 0.1) is 14.2 Å². The van der Waals surface area contributed by atoms with Crippen LogP contribution >= 0.6 is 0 Å². The first kappa shape index (κ1) is 21.9. The summed E-state index contributed by atoms with van der Waals surface area (Å²) in [5.41, 5.74) is 2.02. The van der Waals surface area contributed by atoms with Crippen molar-refractivity contribution < 1.29 is 33.7 Å². The number of carbonyl (C=O) groups is 2. The summed E-state index contributed by atoms with van der Waals surface area (Å²) in [5, 5.41) is 18.1. The second-order valence-electron chi connectivity index (χ2n) is 5.32. The van der Waals surface area contributed by atoms with E-state index >= 15 is 0 Å². The van der Waals surface area contributed by atoms with Gasteiger partial charge in [-0.05, 0) is 36.7 Å². The fourth-order valence-electron chi connectivity index (χ4n) is 2.24. The van der Waals surface area contributed by atoms with E-state index in [1.807, 2.05) is 24.3 Å². The van der Waals surface area contributed by atoms with Gasteiger partial charge in [0.15, 0.2) is 11.5 Å². The predicted molar refractivity (Wildman–Crippen MR) is 96.6 cm³/mol. The molecule has 0 radical (unpaired) electrons. The van der Waals surface area contributed by atoms with E-state index in [4.69, 9.17) is 29.3 Å². The van der Waals surface area contributed by atoms with Crippen LogP contribution in [0.25, 0.3) is 0 Å². The normalized spacial score (nSPS) is 9.74. The third-order valence-electron chi connectivity index (χ3n) is 3.46. The molecule has 0 atom stereocenters. The maximum atomic E-state index is 13.1. The van der Waals surface area contributed by atoms with Crippen molar-refractivity contribution in [2.75, 3.05) is 20.8 Å². The van der Waals surface area contributed by atoms with Gasteiger partial charge in [0.25, 0.3) is 0 Å². The SMILES string of the molecule is COc1cccc(CNCCc2cccc(F)c2)c1OC.O=C(O)C(=O)O. The average molecular weight is 379 g/mol. The highest BCUT2D eigenvalue weighted by atomic mass is 19.1. The van der Waals surface area contributed by atoms with Crippen molar-refractivity contribution in [3.8, 4) is 11.5 Å². The molecule has 0 aliphatic heterocycles. The zero-order valence-corrected chi connectivity index (χ0v) is 15.1. The Kier molecular flexibility index (Phi) is 9.32. The highest BCUT2D eigenvalue weighted by Crippen LogP contribution is 2.30. The van der Waals surface area contributed by atoms with E-state index in [0.717, 1.165) is 35.6 Å². The van der Waals surface area contributed by atoms with Gasteiger partial charge in [-0.3, -0.25) is 0 Å². The minimum absolute atomic E-state index is 0.193. The van der Waals surface area contributed by atoms with Crippen molar-refractivity contribution >= 4 is 11.9 Å². The number of hydrogen-bond acceptors (Lipinski definition) is 5. The summed E-state index contributed by atoms with van der Waals surface area (Å²) in [7, 11) is 3.26. The van der Waals surface area contributed by atoms with Gasteiger partial charge in [0, 0.05) is 12.1 Å². The number of benzene rings is 2. The quantitative estimate of drug-likeness (QED) is 0.501. The first-order valence-corrected chi connectivity index (χ1v) is 8.00. The first-order valence-electron chi connectivity index (χ1n) is 8.00. The molecule has 0 saturated heterocycles. The molecule has 0 aliphatic carbocycles. The number of aliphatic carboxylic acids is 2. The topological polar surface area (TPSA) is 105 Å². The molecule has 2 aromatic carbocycles. The number of carboxylic acids is 2. The number of nitrogens with one attached hydrogen (secondary N) is 1. The van der Waals surface area contributed by atoms with E-state index in [1.165, 1.54) is 6.07 Å². The Morgan fingerprint density at radius 1 is 1.04 bits per heavy atom. The van der Waals surface area contributed by atoms with E-state index < -0.39 is 11.9 Å². The maximum Gasteiger partial charge on any atom is 0.414 e. The fourth-order valence-corrected chi connectivity index (χ4v) is 2.24. The lowest BCUT2D eigenvalue weighted by Crippen LogP contribution is -2.17. The molecule has 0 heterocycles. The maximum absolute atomic E-state index is 13.1. The van der Waals surface area contributed by atoms with Crippen LogP contribution in [0.3, 0.4) is 0 Å². The van der Waals surface area contributed by atoms with Crippen LogP contribution in [0.2, 0.25) is 0 Å². The van der Waals surface area contributed by atoms with Gasteiger partial charge in [-0.2, -0.15) is 0 Å². The lowest BCUT2D eigenvalue weighted by Gasteiger charge is -2.13. The molecule has 0 saturated carbocycles.